The monoisotopic (exact) mass is 354 g/mol. The molecular formula is C17H23ClN2O4. The molecular weight excluding hydrogens is 332 g/mol. The number of ether oxygens (including phenoxy) is 2. The van der Waals surface area contributed by atoms with E-state index in [4.69, 9.17) is 21.1 Å². The van der Waals surface area contributed by atoms with Gasteiger partial charge in [-0.2, -0.15) is 0 Å². The van der Waals surface area contributed by atoms with Gasteiger partial charge in [0.2, 0.25) is 11.8 Å². The number of carbonyl (C=O) groups excluding carboxylic acids is 2. The Morgan fingerprint density at radius 1 is 1.08 bits per heavy atom. The van der Waals surface area contributed by atoms with Crippen molar-refractivity contribution in [3.63, 3.8) is 0 Å². The molecule has 132 valence electrons. The average molecular weight is 355 g/mol. The molecule has 0 spiro atoms. The Morgan fingerprint density at radius 2 is 1.67 bits per heavy atom. The topological polar surface area (TPSA) is 59.1 Å². The second kappa shape index (κ2) is 8.24. The zero-order chi connectivity index (χ0) is 17.7. The van der Waals surface area contributed by atoms with Crippen LogP contribution in [-0.2, 0) is 16.0 Å². The zero-order valence-electron chi connectivity index (χ0n) is 14.3. The second-order valence-corrected chi connectivity index (χ2v) is 6.34. The van der Waals surface area contributed by atoms with Crippen molar-refractivity contribution in [2.75, 3.05) is 40.4 Å². The predicted octanol–water partition coefficient (Wildman–Crippen LogP) is 1.54. The highest BCUT2D eigenvalue weighted by Gasteiger charge is 2.26. The maximum Gasteiger partial charge on any atom is 0.240 e. The summed E-state index contributed by atoms with van der Waals surface area (Å²) in [6, 6.07) is 5.46. The van der Waals surface area contributed by atoms with E-state index in [1.807, 2.05) is 12.1 Å². The molecule has 7 heteroatoms. The largest absolute Gasteiger partial charge is 0.493 e. The molecule has 1 atom stereocenters. The van der Waals surface area contributed by atoms with Gasteiger partial charge < -0.3 is 19.3 Å². The third kappa shape index (κ3) is 4.32. The van der Waals surface area contributed by atoms with Crippen LogP contribution in [0.15, 0.2) is 18.2 Å². The summed E-state index contributed by atoms with van der Waals surface area (Å²) in [5.41, 5.74) is 0.866. The molecule has 1 aliphatic heterocycles. The van der Waals surface area contributed by atoms with E-state index >= 15 is 0 Å². The minimum atomic E-state index is -0.529. The lowest BCUT2D eigenvalue weighted by Crippen LogP contribution is -2.52. The quantitative estimate of drug-likeness (QED) is 0.753. The summed E-state index contributed by atoms with van der Waals surface area (Å²) < 4.78 is 10.5. The number of piperazine rings is 1. The van der Waals surface area contributed by atoms with E-state index in [1.165, 1.54) is 0 Å². The van der Waals surface area contributed by atoms with Crippen LogP contribution in [0.5, 0.6) is 11.5 Å². The van der Waals surface area contributed by atoms with Gasteiger partial charge >= 0.3 is 0 Å². The van der Waals surface area contributed by atoms with Crippen molar-refractivity contribution >= 4 is 23.4 Å². The molecule has 0 aromatic heterocycles. The number of nitrogens with zero attached hydrogens (tertiary/aromatic N) is 2. The Labute approximate surface area is 147 Å². The third-order valence-corrected chi connectivity index (χ3v) is 4.27. The van der Waals surface area contributed by atoms with Gasteiger partial charge in [0.25, 0.3) is 0 Å². The van der Waals surface area contributed by atoms with Crippen LogP contribution in [0, 0.1) is 0 Å². The minimum Gasteiger partial charge on any atom is -0.493 e. The Bertz CT molecular complexity index is 598. The molecule has 0 saturated carbocycles. The van der Waals surface area contributed by atoms with Crippen molar-refractivity contribution < 1.29 is 19.1 Å². The summed E-state index contributed by atoms with van der Waals surface area (Å²) in [6.45, 7) is 3.77. The molecule has 24 heavy (non-hydrogen) atoms. The minimum absolute atomic E-state index is 0.0354. The Hall–Kier alpha value is -1.95. The fourth-order valence-electron chi connectivity index (χ4n) is 2.70. The van der Waals surface area contributed by atoms with E-state index in [1.54, 1.807) is 37.0 Å². The highest BCUT2D eigenvalue weighted by Crippen LogP contribution is 2.27. The fraction of sp³-hybridized carbons (Fsp3) is 0.529. The highest BCUT2D eigenvalue weighted by molar-refractivity contribution is 6.30. The number of benzene rings is 1. The molecule has 2 amide bonds. The van der Waals surface area contributed by atoms with Crippen LogP contribution >= 0.6 is 11.6 Å². The third-order valence-electron chi connectivity index (χ3n) is 4.09. The molecule has 1 saturated heterocycles. The first-order valence-electron chi connectivity index (χ1n) is 7.87. The van der Waals surface area contributed by atoms with Crippen LogP contribution in [0.4, 0.5) is 0 Å². The number of hydrogen-bond acceptors (Lipinski definition) is 4. The van der Waals surface area contributed by atoms with E-state index in [2.05, 4.69) is 0 Å². The van der Waals surface area contributed by atoms with Crippen molar-refractivity contribution in [1.29, 1.82) is 0 Å². The Morgan fingerprint density at radius 3 is 2.21 bits per heavy atom. The number of amides is 2. The van der Waals surface area contributed by atoms with Crippen LogP contribution in [0.3, 0.4) is 0 Å². The van der Waals surface area contributed by atoms with Gasteiger partial charge in [-0.25, -0.2) is 0 Å². The number of hydrogen-bond donors (Lipinski definition) is 0. The number of alkyl halides is 1. The molecule has 0 radical (unpaired) electrons. The van der Waals surface area contributed by atoms with E-state index in [-0.39, 0.29) is 11.8 Å². The lowest BCUT2D eigenvalue weighted by molar-refractivity contribution is -0.138. The van der Waals surface area contributed by atoms with Crippen molar-refractivity contribution in [2.45, 2.75) is 18.7 Å². The number of methoxy groups -OCH3 is 2. The van der Waals surface area contributed by atoms with E-state index in [0.717, 1.165) is 5.56 Å². The maximum absolute atomic E-state index is 12.5. The normalized spacial score (nSPS) is 15.8. The summed E-state index contributed by atoms with van der Waals surface area (Å²) in [5.74, 6) is 1.20. The summed E-state index contributed by atoms with van der Waals surface area (Å²) in [6.07, 6.45) is 0.292. The predicted molar refractivity (Wildman–Crippen MR) is 91.7 cm³/mol. The van der Waals surface area contributed by atoms with Crippen LogP contribution in [0.1, 0.15) is 12.5 Å². The Balaban J connectivity index is 1.93. The van der Waals surface area contributed by atoms with Crippen molar-refractivity contribution in [1.82, 2.24) is 9.80 Å². The summed E-state index contributed by atoms with van der Waals surface area (Å²) in [7, 11) is 3.14. The van der Waals surface area contributed by atoms with Gasteiger partial charge in [-0.3, -0.25) is 9.59 Å². The van der Waals surface area contributed by atoms with Gasteiger partial charge in [0.1, 0.15) is 5.38 Å². The van der Waals surface area contributed by atoms with Gasteiger partial charge in [0.05, 0.1) is 20.6 Å². The number of carbonyl (C=O) groups is 2. The second-order valence-electron chi connectivity index (χ2n) is 5.69. The van der Waals surface area contributed by atoms with Crippen molar-refractivity contribution in [3.05, 3.63) is 23.8 Å². The molecule has 2 rings (SSSR count). The maximum atomic E-state index is 12.5. The molecule has 1 aromatic rings. The summed E-state index contributed by atoms with van der Waals surface area (Å²) >= 11 is 5.83. The van der Waals surface area contributed by atoms with E-state index < -0.39 is 5.38 Å². The van der Waals surface area contributed by atoms with Crippen LogP contribution in [0.25, 0.3) is 0 Å². The molecule has 0 bridgehead atoms. The molecule has 1 aliphatic rings. The van der Waals surface area contributed by atoms with Gasteiger partial charge in [-0.15, -0.1) is 11.6 Å². The highest BCUT2D eigenvalue weighted by atomic mass is 35.5. The smallest absolute Gasteiger partial charge is 0.240 e. The van der Waals surface area contributed by atoms with Crippen molar-refractivity contribution in [2.24, 2.45) is 0 Å². The molecule has 1 fully saturated rings. The molecule has 0 N–H and O–H groups in total. The molecule has 1 unspecified atom stereocenters. The van der Waals surface area contributed by atoms with Crippen LogP contribution < -0.4 is 9.47 Å². The average Bonchev–Trinajstić information content (AvgIpc) is 2.60. The zero-order valence-corrected chi connectivity index (χ0v) is 15.0. The number of rotatable bonds is 5. The fourth-order valence-corrected chi connectivity index (χ4v) is 2.84. The van der Waals surface area contributed by atoms with Crippen LogP contribution in [0.2, 0.25) is 0 Å². The molecule has 1 aromatic carbocycles. The van der Waals surface area contributed by atoms with Gasteiger partial charge in [-0.1, -0.05) is 6.07 Å². The summed E-state index contributed by atoms with van der Waals surface area (Å²) in [5, 5.41) is -0.529. The first-order valence-corrected chi connectivity index (χ1v) is 8.31. The number of halogens is 1. The van der Waals surface area contributed by atoms with Gasteiger partial charge in [0.15, 0.2) is 11.5 Å². The molecule has 1 heterocycles. The standard InChI is InChI=1S/C17H23ClN2O4/c1-12(18)17(22)20-8-6-19(7-9-20)16(21)11-13-4-5-14(23-2)15(10-13)24-3/h4-5,10,12H,6-9,11H2,1-3H3. The lowest BCUT2D eigenvalue weighted by Gasteiger charge is -2.35. The summed E-state index contributed by atoms with van der Waals surface area (Å²) in [4.78, 5) is 27.8. The molecule has 6 nitrogen and oxygen atoms in total. The Kier molecular flexibility index (Phi) is 6.31. The van der Waals surface area contributed by atoms with E-state index in [0.29, 0.717) is 44.1 Å². The van der Waals surface area contributed by atoms with E-state index in [9.17, 15) is 9.59 Å². The van der Waals surface area contributed by atoms with Crippen LogP contribution in [-0.4, -0.2) is 67.4 Å². The first-order chi connectivity index (χ1) is 11.5. The SMILES string of the molecule is COc1ccc(CC(=O)N2CCN(C(=O)C(C)Cl)CC2)cc1OC. The van der Waals surface area contributed by atoms with Gasteiger partial charge in [0, 0.05) is 26.2 Å². The first kappa shape index (κ1) is 18.4. The van der Waals surface area contributed by atoms with Crippen molar-refractivity contribution in [3.8, 4) is 11.5 Å². The van der Waals surface area contributed by atoms with Gasteiger partial charge in [-0.05, 0) is 24.6 Å². The molecule has 0 aliphatic carbocycles. The lowest BCUT2D eigenvalue weighted by atomic mass is 10.1.